The maximum absolute atomic E-state index is 13.0. The molecule has 4 fully saturated rings. The van der Waals surface area contributed by atoms with E-state index in [0.29, 0.717) is 17.2 Å². The van der Waals surface area contributed by atoms with Crippen molar-refractivity contribution in [2.45, 2.75) is 57.0 Å². The largest absolute Gasteiger partial charge is 0.375 e. The third-order valence-corrected chi connectivity index (χ3v) is 8.40. The second-order valence-electron chi connectivity index (χ2n) is 8.72. The minimum absolute atomic E-state index is 0.0282. The summed E-state index contributed by atoms with van der Waals surface area (Å²) in [5, 5.41) is 3.32. The van der Waals surface area contributed by atoms with Crippen molar-refractivity contribution in [3.05, 3.63) is 28.4 Å². The molecule has 6 heteroatoms. The first-order valence-electron chi connectivity index (χ1n) is 10.8. The predicted octanol–water partition coefficient (Wildman–Crippen LogP) is 3.60. The maximum Gasteiger partial charge on any atom is 0.271 e. The van der Waals surface area contributed by atoms with Gasteiger partial charge in [-0.2, -0.15) is 4.37 Å². The van der Waals surface area contributed by atoms with E-state index in [0.717, 1.165) is 36.5 Å². The zero-order valence-electron chi connectivity index (χ0n) is 16.7. The van der Waals surface area contributed by atoms with Gasteiger partial charge in [-0.25, -0.2) is 0 Å². The summed E-state index contributed by atoms with van der Waals surface area (Å²) in [5.41, 5.74) is 3.21. The zero-order chi connectivity index (χ0) is 19.3. The molecule has 3 aliphatic heterocycles. The van der Waals surface area contributed by atoms with E-state index in [-0.39, 0.29) is 11.9 Å². The zero-order valence-corrected chi connectivity index (χ0v) is 17.6. The molecule has 3 unspecified atom stereocenters. The third kappa shape index (κ3) is 2.68. The molecule has 1 amide bonds. The highest BCUT2D eigenvalue weighted by atomic mass is 32.1. The number of nitrogens with one attached hydrogen (secondary N) is 1. The van der Waals surface area contributed by atoms with Crippen LogP contribution in [0.4, 0.5) is 0 Å². The lowest BCUT2D eigenvalue weighted by Crippen LogP contribution is -2.64. The normalized spacial score (nSPS) is 31.8. The summed E-state index contributed by atoms with van der Waals surface area (Å²) in [6, 6.07) is 0.276. The van der Waals surface area contributed by atoms with Crippen molar-refractivity contribution >= 4 is 29.6 Å². The molecular formula is C22H30N4OS. The molecule has 0 bridgehead atoms. The van der Waals surface area contributed by atoms with E-state index < -0.39 is 0 Å². The lowest BCUT2D eigenvalue weighted by Gasteiger charge is -2.58. The molecule has 4 heterocycles. The molecule has 5 rings (SSSR count). The molecule has 1 aliphatic carbocycles. The number of allylic oxidation sites excluding steroid dienone is 1. The van der Waals surface area contributed by atoms with Gasteiger partial charge in [0.2, 0.25) is 0 Å². The van der Waals surface area contributed by atoms with E-state index in [2.05, 4.69) is 39.1 Å². The van der Waals surface area contributed by atoms with Gasteiger partial charge in [-0.05, 0) is 62.1 Å². The van der Waals surface area contributed by atoms with Gasteiger partial charge >= 0.3 is 0 Å². The smallest absolute Gasteiger partial charge is 0.271 e. The highest BCUT2D eigenvalue weighted by Gasteiger charge is 2.63. The number of aromatic nitrogens is 1. The quantitative estimate of drug-likeness (QED) is 0.795. The van der Waals surface area contributed by atoms with Gasteiger partial charge in [0.1, 0.15) is 5.69 Å². The Bertz CT molecular complexity index is 821. The van der Waals surface area contributed by atoms with Gasteiger partial charge in [-0.3, -0.25) is 9.69 Å². The predicted molar refractivity (Wildman–Crippen MR) is 114 cm³/mol. The molecule has 0 aromatic carbocycles. The first-order chi connectivity index (χ1) is 13.7. The first kappa shape index (κ1) is 18.4. The van der Waals surface area contributed by atoms with Gasteiger partial charge in [-0.15, -0.1) is 0 Å². The van der Waals surface area contributed by atoms with Crippen molar-refractivity contribution in [3.8, 4) is 0 Å². The molecule has 28 heavy (non-hydrogen) atoms. The third-order valence-electron chi connectivity index (χ3n) is 7.59. The molecule has 1 saturated carbocycles. The Morgan fingerprint density at radius 3 is 2.75 bits per heavy atom. The summed E-state index contributed by atoms with van der Waals surface area (Å²) in [5.74, 6) is 0.608. The Balaban J connectivity index is 1.34. The van der Waals surface area contributed by atoms with Gasteiger partial charge in [-0.1, -0.05) is 19.6 Å². The molecule has 150 valence electrons. The van der Waals surface area contributed by atoms with Gasteiger partial charge in [0.05, 0.1) is 4.88 Å². The maximum atomic E-state index is 13.0. The van der Waals surface area contributed by atoms with Crippen LogP contribution in [0, 0.1) is 5.92 Å². The van der Waals surface area contributed by atoms with Gasteiger partial charge < -0.3 is 10.2 Å². The Hall–Kier alpha value is -1.66. The van der Waals surface area contributed by atoms with E-state index >= 15 is 0 Å². The van der Waals surface area contributed by atoms with Gasteiger partial charge in [0.15, 0.2) is 0 Å². The van der Waals surface area contributed by atoms with Crippen LogP contribution in [0.25, 0.3) is 12.2 Å². The number of carbonyl (C=O) groups excluding carboxylic acids is 1. The highest BCUT2D eigenvalue weighted by molar-refractivity contribution is 7.07. The summed E-state index contributed by atoms with van der Waals surface area (Å²) in [7, 11) is 0. The van der Waals surface area contributed by atoms with Crippen LogP contribution in [-0.4, -0.2) is 57.8 Å². The number of amides is 1. The SMILES string of the molecule is C=Cc1c(C(=O)NC2CN3CCC34CCC24)nsc1/C=C(\CC)N1CCCC1. The summed E-state index contributed by atoms with van der Waals surface area (Å²) < 4.78 is 4.54. The van der Waals surface area contributed by atoms with E-state index in [1.165, 1.54) is 55.9 Å². The van der Waals surface area contributed by atoms with Crippen LogP contribution in [-0.2, 0) is 0 Å². The molecular weight excluding hydrogens is 368 g/mol. The first-order valence-corrected chi connectivity index (χ1v) is 11.6. The monoisotopic (exact) mass is 398 g/mol. The topological polar surface area (TPSA) is 48.5 Å². The lowest BCUT2D eigenvalue weighted by molar-refractivity contribution is -0.0676. The van der Waals surface area contributed by atoms with Crippen LogP contribution in [0.5, 0.6) is 0 Å². The molecule has 0 radical (unpaired) electrons. The van der Waals surface area contributed by atoms with Crippen LogP contribution in [0.3, 0.4) is 0 Å². The molecule has 1 spiro atoms. The average molecular weight is 399 g/mol. The van der Waals surface area contributed by atoms with E-state index in [1.54, 1.807) is 6.08 Å². The Morgan fingerprint density at radius 2 is 2.18 bits per heavy atom. The minimum atomic E-state index is -0.0282. The Kier molecular flexibility index (Phi) is 4.59. The summed E-state index contributed by atoms with van der Waals surface area (Å²) in [4.78, 5) is 19.1. The molecule has 5 nitrogen and oxygen atoms in total. The average Bonchev–Trinajstić information content (AvgIpc) is 3.33. The van der Waals surface area contributed by atoms with Crippen molar-refractivity contribution < 1.29 is 4.79 Å². The number of carbonyl (C=O) groups is 1. The van der Waals surface area contributed by atoms with E-state index in [9.17, 15) is 4.79 Å². The molecule has 1 aromatic rings. The van der Waals surface area contributed by atoms with Crippen LogP contribution in [0.1, 0.15) is 66.4 Å². The fourth-order valence-corrected chi connectivity index (χ4v) is 6.69. The second kappa shape index (κ2) is 6.99. The molecule has 3 saturated heterocycles. The van der Waals surface area contributed by atoms with Crippen molar-refractivity contribution in [3.63, 3.8) is 0 Å². The fraction of sp³-hybridized carbons (Fsp3) is 0.636. The van der Waals surface area contributed by atoms with Crippen molar-refractivity contribution in [1.82, 2.24) is 19.5 Å². The lowest BCUT2D eigenvalue weighted by atomic mass is 9.61. The summed E-state index contributed by atoms with van der Waals surface area (Å²) in [6.45, 7) is 10.6. The number of hydrogen-bond acceptors (Lipinski definition) is 5. The Labute approximate surface area is 171 Å². The molecule has 4 aliphatic rings. The standard InChI is InChI=1S/C22H30N4OS/c1-3-15(25-10-5-6-11-25)13-19-16(4-2)20(24-28-19)21(27)23-18-14-26-12-9-22(26)8-7-17(18)22/h4,13,17-18H,2-3,5-12,14H2,1H3,(H,23,27)/b15-13+. The number of rotatable bonds is 6. The molecule has 3 atom stereocenters. The van der Waals surface area contributed by atoms with Gasteiger partial charge in [0, 0.05) is 49.0 Å². The van der Waals surface area contributed by atoms with E-state index in [4.69, 9.17) is 0 Å². The van der Waals surface area contributed by atoms with Crippen molar-refractivity contribution in [1.29, 1.82) is 0 Å². The van der Waals surface area contributed by atoms with Crippen molar-refractivity contribution in [2.75, 3.05) is 26.2 Å². The number of hydrogen-bond donors (Lipinski definition) is 1. The highest BCUT2D eigenvalue weighted by Crippen LogP contribution is 2.57. The van der Waals surface area contributed by atoms with Crippen LogP contribution in [0.2, 0.25) is 0 Å². The molecule has 1 N–H and O–H groups in total. The number of nitrogens with zero attached hydrogens (tertiary/aromatic N) is 3. The molecule has 1 aromatic heterocycles. The van der Waals surface area contributed by atoms with E-state index in [1.807, 2.05) is 0 Å². The van der Waals surface area contributed by atoms with Gasteiger partial charge in [0.25, 0.3) is 5.91 Å². The minimum Gasteiger partial charge on any atom is -0.375 e. The van der Waals surface area contributed by atoms with Crippen molar-refractivity contribution in [2.24, 2.45) is 5.92 Å². The van der Waals surface area contributed by atoms with Crippen LogP contribution >= 0.6 is 11.5 Å². The second-order valence-corrected chi connectivity index (χ2v) is 9.53. The number of likely N-dealkylation sites (tertiary alicyclic amines) is 1. The van der Waals surface area contributed by atoms with Crippen LogP contribution in [0.15, 0.2) is 12.3 Å². The fourth-order valence-electron chi connectivity index (χ4n) is 5.85. The summed E-state index contributed by atoms with van der Waals surface area (Å²) in [6.07, 6.45) is 11.4. The Morgan fingerprint density at radius 1 is 1.36 bits per heavy atom. The van der Waals surface area contributed by atoms with Crippen LogP contribution < -0.4 is 5.32 Å². The summed E-state index contributed by atoms with van der Waals surface area (Å²) >= 11 is 1.42.